The van der Waals surface area contributed by atoms with E-state index >= 15 is 0 Å². The van der Waals surface area contributed by atoms with Crippen molar-refractivity contribution in [1.29, 1.82) is 0 Å². The fraction of sp³-hybridized carbons (Fsp3) is 0.500. The Morgan fingerprint density at radius 3 is 2.53 bits per heavy atom. The maximum Gasteiger partial charge on any atom is 0.339 e. The molecule has 0 saturated heterocycles. The second kappa shape index (κ2) is 10.2. The third-order valence-electron chi connectivity index (χ3n) is 6.41. The molecule has 7 nitrogen and oxygen atoms in total. The number of aromatic carboxylic acids is 1. The van der Waals surface area contributed by atoms with Gasteiger partial charge in [0.05, 0.1) is 11.4 Å². The lowest BCUT2D eigenvalue weighted by Crippen LogP contribution is -2.39. The molecule has 0 radical (unpaired) electrons. The normalized spacial score (nSPS) is 14.5. The van der Waals surface area contributed by atoms with Gasteiger partial charge in [0.1, 0.15) is 22.1 Å². The van der Waals surface area contributed by atoms with Crippen molar-refractivity contribution in [3.63, 3.8) is 0 Å². The molecule has 1 aliphatic carbocycles. The molecule has 3 aromatic rings. The van der Waals surface area contributed by atoms with Gasteiger partial charge >= 0.3 is 5.97 Å². The molecular weight excluding hydrogens is 448 g/mol. The van der Waals surface area contributed by atoms with Crippen LogP contribution in [0.25, 0.3) is 11.1 Å². The largest absolute Gasteiger partial charge is 0.478 e. The van der Waals surface area contributed by atoms with Crippen molar-refractivity contribution in [3.05, 3.63) is 40.3 Å². The number of carbonyl (C=O) groups is 1. The van der Waals surface area contributed by atoms with Crippen molar-refractivity contribution >= 4 is 33.8 Å². The molecule has 0 aliphatic heterocycles. The third kappa shape index (κ3) is 5.12. The molecule has 0 amide bonds. The SMILES string of the molecule is Cc1nnc(Nc2cc(-c3c(C)oc(C)c3C(=O)O)ccc2N(CC(C)C)C2CCCCC2)s1. The Bertz CT molecular complexity index is 1160. The molecular formula is C26H34N4O3S. The van der Waals surface area contributed by atoms with Gasteiger partial charge in [0.25, 0.3) is 0 Å². The highest BCUT2D eigenvalue weighted by atomic mass is 32.1. The van der Waals surface area contributed by atoms with Crippen LogP contribution in [0.15, 0.2) is 22.6 Å². The number of nitrogens with one attached hydrogen (secondary N) is 1. The summed E-state index contributed by atoms with van der Waals surface area (Å²) in [5.41, 5.74) is 3.68. The molecule has 0 spiro atoms. The number of nitrogens with zero attached hydrogens (tertiary/aromatic N) is 3. The standard InChI is InChI=1S/C26H34N4O3S/c1-15(2)14-30(20-9-7-6-8-10-20)22-12-11-19(13-21(22)27-26-29-28-18(5)34-26)23-16(3)33-17(4)24(23)25(31)32/h11-13,15,20H,6-10,14H2,1-5H3,(H,27,29)(H,31,32). The van der Waals surface area contributed by atoms with E-state index in [2.05, 4.69) is 40.3 Å². The summed E-state index contributed by atoms with van der Waals surface area (Å²) < 4.78 is 5.72. The first-order chi connectivity index (χ1) is 16.2. The first kappa shape index (κ1) is 24.3. The summed E-state index contributed by atoms with van der Waals surface area (Å²) >= 11 is 1.50. The maximum absolute atomic E-state index is 12.0. The average Bonchev–Trinajstić information content (AvgIpc) is 3.33. The highest BCUT2D eigenvalue weighted by Gasteiger charge is 2.27. The molecule has 34 heavy (non-hydrogen) atoms. The molecule has 8 heteroatoms. The lowest BCUT2D eigenvalue weighted by molar-refractivity contribution is 0.0696. The zero-order chi connectivity index (χ0) is 24.4. The number of furan rings is 1. The molecule has 2 heterocycles. The molecule has 1 fully saturated rings. The fourth-order valence-electron chi connectivity index (χ4n) is 5.02. The average molecular weight is 483 g/mol. The number of aryl methyl sites for hydroxylation is 3. The van der Waals surface area contributed by atoms with Crippen LogP contribution in [0.1, 0.15) is 72.8 Å². The van der Waals surface area contributed by atoms with Gasteiger partial charge in [-0.05, 0) is 57.2 Å². The van der Waals surface area contributed by atoms with Crippen LogP contribution in [-0.2, 0) is 0 Å². The number of carboxylic acid groups (broad SMARTS) is 1. The summed E-state index contributed by atoms with van der Waals surface area (Å²) in [6.07, 6.45) is 6.19. The molecule has 0 atom stereocenters. The number of hydrogen-bond donors (Lipinski definition) is 2. The topological polar surface area (TPSA) is 91.5 Å². The number of aromatic nitrogens is 2. The van der Waals surface area contributed by atoms with Crippen LogP contribution in [0, 0.1) is 26.7 Å². The summed E-state index contributed by atoms with van der Waals surface area (Å²) in [5.74, 6) is 0.551. The van der Waals surface area contributed by atoms with Crippen LogP contribution >= 0.6 is 11.3 Å². The third-order valence-corrected chi connectivity index (χ3v) is 7.17. The van der Waals surface area contributed by atoms with E-state index in [4.69, 9.17) is 4.42 Å². The van der Waals surface area contributed by atoms with Crippen molar-refractivity contribution in [2.45, 2.75) is 72.8 Å². The quantitative estimate of drug-likeness (QED) is 0.358. The van der Waals surface area contributed by atoms with Gasteiger partial charge in [-0.15, -0.1) is 10.2 Å². The Kier molecular flexibility index (Phi) is 7.26. The molecule has 1 aromatic carbocycles. The maximum atomic E-state index is 12.0. The number of rotatable bonds is 8. The summed E-state index contributed by atoms with van der Waals surface area (Å²) in [7, 11) is 0. The van der Waals surface area contributed by atoms with Gasteiger partial charge in [-0.2, -0.15) is 0 Å². The molecule has 0 unspecified atom stereocenters. The Labute approximate surface area is 205 Å². The lowest BCUT2D eigenvalue weighted by Gasteiger charge is -2.38. The van der Waals surface area contributed by atoms with Crippen LogP contribution in [0.3, 0.4) is 0 Å². The minimum Gasteiger partial charge on any atom is -0.478 e. The van der Waals surface area contributed by atoms with Crippen LogP contribution < -0.4 is 10.2 Å². The zero-order valence-corrected chi connectivity index (χ0v) is 21.5. The number of anilines is 3. The fourth-order valence-corrected chi connectivity index (χ4v) is 5.63. The Morgan fingerprint density at radius 2 is 1.91 bits per heavy atom. The highest BCUT2D eigenvalue weighted by Crippen LogP contribution is 2.40. The number of hydrogen-bond acceptors (Lipinski definition) is 7. The van der Waals surface area contributed by atoms with Crippen molar-refractivity contribution in [2.75, 3.05) is 16.8 Å². The van der Waals surface area contributed by atoms with Crippen molar-refractivity contribution in [1.82, 2.24) is 10.2 Å². The lowest BCUT2D eigenvalue weighted by atomic mass is 9.92. The molecule has 182 valence electrons. The monoisotopic (exact) mass is 482 g/mol. The van der Waals surface area contributed by atoms with Gasteiger partial charge in [-0.3, -0.25) is 0 Å². The Hall–Kier alpha value is -2.87. The van der Waals surface area contributed by atoms with Crippen LogP contribution in [0.4, 0.5) is 16.5 Å². The van der Waals surface area contributed by atoms with E-state index < -0.39 is 5.97 Å². The molecule has 1 aliphatic rings. The van der Waals surface area contributed by atoms with Gasteiger partial charge < -0.3 is 19.7 Å². The molecule has 1 saturated carbocycles. The molecule has 2 N–H and O–H groups in total. The van der Waals surface area contributed by atoms with Gasteiger partial charge in [0.15, 0.2) is 0 Å². The van der Waals surface area contributed by atoms with E-state index in [1.165, 1.54) is 43.4 Å². The Balaban J connectivity index is 1.84. The highest BCUT2D eigenvalue weighted by molar-refractivity contribution is 7.15. The van der Waals surface area contributed by atoms with Crippen LogP contribution in [-0.4, -0.2) is 33.9 Å². The van der Waals surface area contributed by atoms with Crippen molar-refractivity contribution < 1.29 is 14.3 Å². The Morgan fingerprint density at radius 1 is 1.18 bits per heavy atom. The first-order valence-electron chi connectivity index (χ1n) is 12.1. The minimum absolute atomic E-state index is 0.217. The number of carboxylic acids is 1. The summed E-state index contributed by atoms with van der Waals surface area (Å²) in [5, 5.41) is 23.4. The first-order valence-corrected chi connectivity index (χ1v) is 12.9. The minimum atomic E-state index is -0.980. The zero-order valence-electron chi connectivity index (χ0n) is 20.6. The smallest absolute Gasteiger partial charge is 0.339 e. The van der Waals surface area contributed by atoms with E-state index in [0.717, 1.165) is 33.6 Å². The second-order valence-electron chi connectivity index (χ2n) is 9.59. The van der Waals surface area contributed by atoms with Crippen LogP contribution in [0.2, 0.25) is 0 Å². The predicted molar refractivity (Wildman–Crippen MR) is 138 cm³/mol. The summed E-state index contributed by atoms with van der Waals surface area (Å²) in [6, 6.07) is 6.67. The summed E-state index contributed by atoms with van der Waals surface area (Å²) in [4.78, 5) is 14.5. The van der Waals surface area contributed by atoms with Crippen LogP contribution in [0.5, 0.6) is 0 Å². The molecule has 2 aromatic heterocycles. The van der Waals surface area contributed by atoms with E-state index in [0.29, 0.717) is 29.0 Å². The van der Waals surface area contributed by atoms with Gasteiger partial charge in [0, 0.05) is 18.2 Å². The van der Waals surface area contributed by atoms with Crippen molar-refractivity contribution in [3.8, 4) is 11.1 Å². The summed E-state index contributed by atoms with van der Waals surface area (Å²) in [6.45, 7) is 10.9. The number of benzene rings is 1. The van der Waals surface area contributed by atoms with Gasteiger partial charge in [-0.25, -0.2) is 4.79 Å². The van der Waals surface area contributed by atoms with Crippen molar-refractivity contribution in [2.24, 2.45) is 5.92 Å². The van der Waals surface area contributed by atoms with E-state index in [1.807, 2.05) is 26.0 Å². The van der Waals surface area contributed by atoms with Gasteiger partial charge in [-0.1, -0.05) is 50.5 Å². The molecule has 4 rings (SSSR count). The second-order valence-corrected chi connectivity index (χ2v) is 10.8. The molecule has 0 bridgehead atoms. The van der Waals surface area contributed by atoms with E-state index in [9.17, 15) is 9.90 Å². The van der Waals surface area contributed by atoms with E-state index in [-0.39, 0.29) is 5.56 Å². The van der Waals surface area contributed by atoms with Gasteiger partial charge in [0.2, 0.25) is 5.13 Å². The van der Waals surface area contributed by atoms with E-state index in [1.54, 1.807) is 6.92 Å². The predicted octanol–water partition coefficient (Wildman–Crippen LogP) is 6.96.